The summed E-state index contributed by atoms with van der Waals surface area (Å²) in [6.45, 7) is 1.38. The maximum absolute atomic E-state index is 5.49. The highest BCUT2D eigenvalue weighted by Crippen LogP contribution is 2.24. The van der Waals surface area contributed by atoms with E-state index in [1.54, 1.807) is 0 Å². The lowest BCUT2D eigenvalue weighted by atomic mass is 10.1. The first-order valence-electron chi connectivity index (χ1n) is 4.52. The Hall–Kier alpha value is -1.28. The van der Waals surface area contributed by atoms with Crippen molar-refractivity contribution in [1.82, 2.24) is 0 Å². The van der Waals surface area contributed by atoms with Gasteiger partial charge >= 0.3 is 0 Å². The molecule has 1 aliphatic rings. The van der Waals surface area contributed by atoms with E-state index >= 15 is 0 Å². The van der Waals surface area contributed by atoms with Crippen LogP contribution in [0.4, 0.5) is 0 Å². The molecule has 0 aromatic heterocycles. The molecule has 0 radical (unpaired) electrons. The molecule has 2 rings (SSSR count). The highest BCUT2D eigenvalue weighted by atomic mass is 16.5. The highest BCUT2D eigenvalue weighted by Gasteiger charge is 2.05. The average molecular weight is 175 g/mol. The van der Waals surface area contributed by atoms with Gasteiger partial charge < -0.3 is 10.5 Å². The Morgan fingerprint density at radius 2 is 2.31 bits per heavy atom. The van der Waals surface area contributed by atoms with E-state index in [0.717, 1.165) is 17.7 Å². The van der Waals surface area contributed by atoms with Gasteiger partial charge in [-0.1, -0.05) is 12.1 Å². The van der Waals surface area contributed by atoms with Gasteiger partial charge in [-0.2, -0.15) is 0 Å². The standard InChI is InChI=1S/C11H13NO/c12-6-5-9-3-4-11-10(8-9)2-1-7-13-11/h1-4,8H,5-7,12H2. The fraction of sp³-hybridized carbons (Fsp3) is 0.273. The molecular weight excluding hydrogens is 162 g/mol. The van der Waals surface area contributed by atoms with Gasteiger partial charge in [0.2, 0.25) is 0 Å². The van der Waals surface area contributed by atoms with Crippen molar-refractivity contribution >= 4 is 6.08 Å². The number of hydrogen-bond donors (Lipinski definition) is 1. The normalized spacial score (nSPS) is 13.6. The number of rotatable bonds is 2. The van der Waals surface area contributed by atoms with Crippen molar-refractivity contribution < 1.29 is 4.74 Å². The first-order valence-corrected chi connectivity index (χ1v) is 4.52. The highest BCUT2D eigenvalue weighted by molar-refractivity contribution is 5.60. The number of fused-ring (bicyclic) bond motifs is 1. The van der Waals surface area contributed by atoms with Gasteiger partial charge in [0, 0.05) is 5.56 Å². The summed E-state index contributed by atoms with van der Waals surface area (Å²) in [6.07, 6.45) is 5.05. The molecule has 2 nitrogen and oxygen atoms in total. The van der Waals surface area contributed by atoms with Crippen molar-refractivity contribution in [2.45, 2.75) is 6.42 Å². The summed E-state index contributed by atoms with van der Waals surface area (Å²) in [7, 11) is 0. The van der Waals surface area contributed by atoms with Gasteiger partial charge in [-0.15, -0.1) is 0 Å². The molecule has 0 saturated heterocycles. The SMILES string of the molecule is NCCc1ccc2c(c1)C=CCO2. The topological polar surface area (TPSA) is 35.2 Å². The molecule has 0 aliphatic carbocycles. The largest absolute Gasteiger partial charge is 0.489 e. The van der Waals surface area contributed by atoms with Crippen LogP contribution in [0.15, 0.2) is 24.3 Å². The first-order chi connectivity index (χ1) is 6.40. The zero-order chi connectivity index (χ0) is 9.10. The predicted octanol–water partition coefficient (Wildman–Crippen LogP) is 1.59. The van der Waals surface area contributed by atoms with Crippen LogP contribution in [-0.4, -0.2) is 13.2 Å². The Kier molecular flexibility index (Phi) is 2.32. The maximum Gasteiger partial charge on any atom is 0.127 e. The van der Waals surface area contributed by atoms with Gasteiger partial charge in [0.1, 0.15) is 12.4 Å². The summed E-state index contributed by atoms with van der Waals surface area (Å²) in [6, 6.07) is 6.23. The Morgan fingerprint density at radius 3 is 3.15 bits per heavy atom. The van der Waals surface area contributed by atoms with Crippen molar-refractivity contribution in [2.24, 2.45) is 5.73 Å². The summed E-state index contributed by atoms with van der Waals surface area (Å²) in [5.74, 6) is 0.975. The Labute approximate surface area is 78.0 Å². The molecule has 0 spiro atoms. The van der Waals surface area contributed by atoms with Crippen LogP contribution < -0.4 is 10.5 Å². The van der Waals surface area contributed by atoms with E-state index in [2.05, 4.69) is 18.2 Å². The van der Waals surface area contributed by atoms with Crippen LogP contribution in [-0.2, 0) is 6.42 Å². The zero-order valence-electron chi connectivity index (χ0n) is 7.49. The summed E-state index contributed by atoms with van der Waals surface area (Å²) in [5.41, 5.74) is 7.93. The monoisotopic (exact) mass is 175 g/mol. The van der Waals surface area contributed by atoms with Gasteiger partial charge in [0.25, 0.3) is 0 Å². The van der Waals surface area contributed by atoms with E-state index in [9.17, 15) is 0 Å². The minimum atomic E-state index is 0.684. The van der Waals surface area contributed by atoms with Gasteiger partial charge in [-0.05, 0) is 36.7 Å². The smallest absolute Gasteiger partial charge is 0.127 e. The van der Waals surface area contributed by atoms with E-state index < -0.39 is 0 Å². The molecule has 0 fully saturated rings. The second-order valence-electron chi connectivity index (χ2n) is 3.12. The van der Waals surface area contributed by atoms with E-state index in [1.165, 1.54) is 5.56 Å². The number of nitrogens with two attached hydrogens (primary N) is 1. The second-order valence-corrected chi connectivity index (χ2v) is 3.12. The van der Waals surface area contributed by atoms with Crippen molar-refractivity contribution in [2.75, 3.05) is 13.2 Å². The molecule has 68 valence electrons. The fourth-order valence-corrected chi connectivity index (χ4v) is 1.49. The molecule has 2 heteroatoms. The van der Waals surface area contributed by atoms with Crippen molar-refractivity contribution in [3.63, 3.8) is 0 Å². The van der Waals surface area contributed by atoms with Gasteiger partial charge in [0.15, 0.2) is 0 Å². The zero-order valence-corrected chi connectivity index (χ0v) is 7.49. The summed E-state index contributed by atoms with van der Waals surface area (Å²) in [4.78, 5) is 0. The van der Waals surface area contributed by atoms with Gasteiger partial charge in [-0.25, -0.2) is 0 Å². The van der Waals surface area contributed by atoms with E-state index in [-0.39, 0.29) is 0 Å². The molecule has 1 aliphatic heterocycles. The third-order valence-corrected chi connectivity index (χ3v) is 2.14. The summed E-state index contributed by atoms with van der Waals surface area (Å²) >= 11 is 0. The van der Waals surface area contributed by atoms with E-state index in [4.69, 9.17) is 10.5 Å². The minimum absolute atomic E-state index is 0.684. The van der Waals surface area contributed by atoms with Crippen molar-refractivity contribution in [3.8, 4) is 5.75 Å². The van der Waals surface area contributed by atoms with Crippen molar-refractivity contribution in [1.29, 1.82) is 0 Å². The van der Waals surface area contributed by atoms with Gasteiger partial charge in [-0.3, -0.25) is 0 Å². The quantitative estimate of drug-likeness (QED) is 0.740. The molecule has 1 heterocycles. The lowest BCUT2D eigenvalue weighted by Gasteiger charge is -2.12. The Morgan fingerprint density at radius 1 is 1.38 bits per heavy atom. The fourth-order valence-electron chi connectivity index (χ4n) is 1.49. The molecule has 13 heavy (non-hydrogen) atoms. The van der Waals surface area contributed by atoms with Crippen molar-refractivity contribution in [3.05, 3.63) is 35.4 Å². The summed E-state index contributed by atoms with van der Waals surface area (Å²) in [5, 5.41) is 0. The second kappa shape index (κ2) is 3.62. The molecule has 1 aromatic carbocycles. The molecule has 2 N–H and O–H groups in total. The van der Waals surface area contributed by atoms with E-state index in [1.807, 2.05) is 12.1 Å². The average Bonchev–Trinajstić information content (AvgIpc) is 2.18. The van der Waals surface area contributed by atoms with E-state index in [0.29, 0.717) is 13.2 Å². The van der Waals surface area contributed by atoms with Gasteiger partial charge in [0.05, 0.1) is 0 Å². The summed E-state index contributed by atoms with van der Waals surface area (Å²) < 4.78 is 5.44. The van der Waals surface area contributed by atoms with Crippen LogP contribution in [0.2, 0.25) is 0 Å². The van der Waals surface area contributed by atoms with Crippen LogP contribution in [0.3, 0.4) is 0 Å². The molecule has 0 atom stereocenters. The van der Waals surface area contributed by atoms with Crippen LogP contribution in [0.1, 0.15) is 11.1 Å². The lowest BCUT2D eigenvalue weighted by Crippen LogP contribution is -2.04. The van der Waals surface area contributed by atoms with Crippen LogP contribution in [0, 0.1) is 0 Å². The van der Waals surface area contributed by atoms with Crippen LogP contribution >= 0.6 is 0 Å². The molecule has 0 bridgehead atoms. The Bertz CT molecular complexity index is 331. The number of benzene rings is 1. The first kappa shape index (κ1) is 8.32. The molecule has 1 aromatic rings. The number of ether oxygens (including phenoxy) is 1. The minimum Gasteiger partial charge on any atom is -0.489 e. The molecular formula is C11H13NO. The number of hydrogen-bond acceptors (Lipinski definition) is 2. The van der Waals surface area contributed by atoms with Crippen LogP contribution in [0.5, 0.6) is 5.75 Å². The molecule has 0 unspecified atom stereocenters. The maximum atomic E-state index is 5.49. The Balaban J connectivity index is 2.31. The molecule has 0 saturated carbocycles. The predicted molar refractivity (Wildman–Crippen MR) is 53.7 cm³/mol. The lowest BCUT2D eigenvalue weighted by molar-refractivity contribution is 0.358. The van der Waals surface area contributed by atoms with Crippen LogP contribution in [0.25, 0.3) is 6.08 Å². The molecule has 0 amide bonds. The third kappa shape index (κ3) is 1.73. The third-order valence-electron chi connectivity index (χ3n) is 2.14.